The van der Waals surface area contributed by atoms with E-state index >= 15 is 0 Å². The molecule has 0 saturated carbocycles. The van der Waals surface area contributed by atoms with Crippen LogP contribution in [0.15, 0.2) is 24.3 Å². The number of likely N-dealkylation sites (tertiary alicyclic amines) is 1. The number of halogens is 1. The minimum absolute atomic E-state index is 0.286. The highest BCUT2D eigenvalue weighted by atomic mass is 19.1. The molecule has 2 N–H and O–H groups in total. The van der Waals surface area contributed by atoms with E-state index in [1.54, 1.807) is 12.1 Å². The Hall–Kier alpha value is -0.970. The summed E-state index contributed by atoms with van der Waals surface area (Å²) in [5.41, 5.74) is 0.737. The van der Waals surface area contributed by atoms with Gasteiger partial charge in [0.05, 0.1) is 12.2 Å². The summed E-state index contributed by atoms with van der Waals surface area (Å²) in [5.74, 6) is -0.00254. The summed E-state index contributed by atoms with van der Waals surface area (Å²) in [4.78, 5) is 2.18. The fourth-order valence-corrected chi connectivity index (χ4v) is 2.69. The monoisotopic (exact) mass is 267 g/mol. The van der Waals surface area contributed by atoms with Gasteiger partial charge in [0, 0.05) is 13.1 Å². The maximum Gasteiger partial charge on any atom is 0.123 e. The van der Waals surface area contributed by atoms with Crippen LogP contribution in [0.2, 0.25) is 0 Å². The molecule has 4 heteroatoms. The predicted molar refractivity (Wildman–Crippen MR) is 72.2 cm³/mol. The highest BCUT2D eigenvalue weighted by molar-refractivity contribution is 5.18. The molecular formula is C15H22FNO2. The standard InChI is InChI=1S/C15H22FNO2/c1-11(18)13-3-2-8-17(9-13)10-15(19)12-4-6-14(16)7-5-12/h4-7,11,13,15,18-19H,2-3,8-10H2,1H3/t11-,13-,15-/m0/s1. The lowest BCUT2D eigenvalue weighted by Gasteiger charge is -2.35. The molecule has 19 heavy (non-hydrogen) atoms. The number of rotatable bonds is 4. The van der Waals surface area contributed by atoms with Crippen molar-refractivity contribution in [2.75, 3.05) is 19.6 Å². The number of hydrogen-bond donors (Lipinski definition) is 2. The van der Waals surface area contributed by atoms with Crippen LogP contribution in [-0.2, 0) is 0 Å². The molecule has 1 aliphatic heterocycles. The molecule has 1 aliphatic rings. The van der Waals surface area contributed by atoms with E-state index in [2.05, 4.69) is 4.90 Å². The van der Waals surface area contributed by atoms with Crippen LogP contribution < -0.4 is 0 Å². The smallest absolute Gasteiger partial charge is 0.123 e. The van der Waals surface area contributed by atoms with Gasteiger partial charge in [0.1, 0.15) is 5.82 Å². The van der Waals surface area contributed by atoms with Crippen LogP contribution in [0.25, 0.3) is 0 Å². The van der Waals surface area contributed by atoms with E-state index in [9.17, 15) is 14.6 Å². The Balaban J connectivity index is 1.91. The third-order valence-corrected chi connectivity index (χ3v) is 3.91. The zero-order valence-electron chi connectivity index (χ0n) is 11.3. The fraction of sp³-hybridized carbons (Fsp3) is 0.600. The number of aliphatic hydroxyl groups excluding tert-OH is 2. The quantitative estimate of drug-likeness (QED) is 0.876. The van der Waals surface area contributed by atoms with Crippen molar-refractivity contribution < 1.29 is 14.6 Å². The summed E-state index contributed by atoms with van der Waals surface area (Å²) in [6, 6.07) is 5.98. The second kappa shape index (κ2) is 6.46. The van der Waals surface area contributed by atoms with Crippen molar-refractivity contribution >= 4 is 0 Å². The second-order valence-corrected chi connectivity index (χ2v) is 5.47. The average molecular weight is 267 g/mol. The van der Waals surface area contributed by atoms with Gasteiger partial charge in [-0.2, -0.15) is 0 Å². The molecule has 0 radical (unpaired) electrons. The number of aliphatic hydroxyl groups is 2. The van der Waals surface area contributed by atoms with Crippen molar-refractivity contribution in [1.82, 2.24) is 4.90 Å². The molecule has 0 aromatic heterocycles. The first-order chi connectivity index (χ1) is 9.06. The third-order valence-electron chi connectivity index (χ3n) is 3.91. The number of hydrogen-bond acceptors (Lipinski definition) is 3. The van der Waals surface area contributed by atoms with Crippen molar-refractivity contribution in [3.8, 4) is 0 Å². The van der Waals surface area contributed by atoms with Crippen molar-refractivity contribution in [2.45, 2.75) is 32.0 Å². The van der Waals surface area contributed by atoms with E-state index in [-0.39, 0.29) is 17.8 Å². The SMILES string of the molecule is C[C@H](O)[C@H]1CCCN(C[C@H](O)c2ccc(F)cc2)C1. The second-order valence-electron chi connectivity index (χ2n) is 5.47. The van der Waals surface area contributed by atoms with Crippen LogP contribution >= 0.6 is 0 Å². The molecule has 1 aromatic carbocycles. The van der Waals surface area contributed by atoms with Crippen molar-refractivity contribution in [1.29, 1.82) is 0 Å². The molecule has 0 bridgehead atoms. The first kappa shape index (κ1) is 14.4. The topological polar surface area (TPSA) is 43.7 Å². The first-order valence-corrected chi connectivity index (χ1v) is 6.90. The van der Waals surface area contributed by atoms with E-state index in [4.69, 9.17) is 0 Å². The summed E-state index contributed by atoms with van der Waals surface area (Å²) in [5, 5.41) is 19.8. The number of benzene rings is 1. The number of piperidine rings is 1. The minimum Gasteiger partial charge on any atom is -0.393 e. The molecule has 2 rings (SSSR count). The van der Waals surface area contributed by atoms with Gasteiger partial charge in [-0.05, 0) is 49.9 Å². The Morgan fingerprint density at radius 1 is 1.32 bits per heavy atom. The maximum absolute atomic E-state index is 12.8. The Kier molecular flexibility index (Phi) is 4.91. The van der Waals surface area contributed by atoms with Crippen LogP contribution in [0.3, 0.4) is 0 Å². The fourth-order valence-electron chi connectivity index (χ4n) is 2.69. The summed E-state index contributed by atoms with van der Waals surface area (Å²) in [6.45, 7) is 4.12. The van der Waals surface area contributed by atoms with Crippen molar-refractivity contribution in [3.05, 3.63) is 35.6 Å². The van der Waals surface area contributed by atoms with Gasteiger partial charge in [0.2, 0.25) is 0 Å². The molecule has 1 aromatic rings. The van der Waals surface area contributed by atoms with Gasteiger partial charge in [0.25, 0.3) is 0 Å². The zero-order valence-corrected chi connectivity index (χ0v) is 11.3. The lowest BCUT2D eigenvalue weighted by Crippen LogP contribution is -2.41. The average Bonchev–Trinajstić information content (AvgIpc) is 2.39. The maximum atomic E-state index is 12.8. The van der Waals surface area contributed by atoms with Crippen LogP contribution in [0.1, 0.15) is 31.4 Å². The van der Waals surface area contributed by atoms with Crippen LogP contribution in [0, 0.1) is 11.7 Å². The molecule has 1 fully saturated rings. The van der Waals surface area contributed by atoms with Crippen molar-refractivity contribution in [3.63, 3.8) is 0 Å². The van der Waals surface area contributed by atoms with Gasteiger partial charge in [-0.25, -0.2) is 4.39 Å². The molecule has 3 nitrogen and oxygen atoms in total. The van der Waals surface area contributed by atoms with E-state index in [1.165, 1.54) is 12.1 Å². The Bertz CT molecular complexity index is 394. The van der Waals surface area contributed by atoms with E-state index < -0.39 is 6.10 Å². The Morgan fingerprint density at radius 2 is 2.00 bits per heavy atom. The van der Waals surface area contributed by atoms with Crippen LogP contribution in [0.5, 0.6) is 0 Å². The molecule has 0 spiro atoms. The summed E-state index contributed by atoms with van der Waals surface area (Å²) < 4.78 is 12.8. The third kappa shape index (κ3) is 4.00. The highest BCUT2D eigenvalue weighted by Gasteiger charge is 2.24. The predicted octanol–water partition coefficient (Wildman–Crippen LogP) is 1.95. The zero-order chi connectivity index (χ0) is 13.8. The Morgan fingerprint density at radius 3 is 2.63 bits per heavy atom. The first-order valence-electron chi connectivity index (χ1n) is 6.90. The lowest BCUT2D eigenvalue weighted by atomic mass is 9.93. The normalized spacial score (nSPS) is 24.1. The molecule has 0 unspecified atom stereocenters. The molecule has 1 heterocycles. The Labute approximate surface area is 113 Å². The molecule has 1 saturated heterocycles. The molecular weight excluding hydrogens is 245 g/mol. The summed E-state index contributed by atoms with van der Waals surface area (Å²) in [6.07, 6.45) is 1.19. The van der Waals surface area contributed by atoms with Gasteiger partial charge in [-0.15, -0.1) is 0 Å². The van der Waals surface area contributed by atoms with Crippen molar-refractivity contribution in [2.24, 2.45) is 5.92 Å². The van der Waals surface area contributed by atoms with Crippen LogP contribution in [-0.4, -0.2) is 40.9 Å². The molecule has 0 aliphatic carbocycles. The highest BCUT2D eigenvalue weighted by Crippen LogP contribution is 2.22. The number of β-amino-alcohol motifs (C(OH)–C–C–N with tert-alkyl or cyclic N) is 1. The molecule has 106 valence electrons. The molecule has 0 amide bonds. The summed E-state index contributed by atoms with van der Waals surface area (Å²) in [7, 11) is 0. The van der Waals surface area contributed by atoms with Gasteiger partial charge in [0.15, 0.2) is 0 Å². The van der Waals surface area contributed by atoms with E-state index in [1.807, 2.05) is 6.92 Å². The largest absolute Gasteiger partial charge is 0.393 e. The van der Waals surface area contributed by atoms with Gasteiger partial charge in [-0.3, -0.25) is 0 Å². The van der Waals surface area contributed by atoms with Gasteiger partial charge in [-0.1, -0.05) is 12.1 Å². The lowest BCUT2D eigenvalue weighted by molar-refractivity contribution is 0.0377. The molecule has 3 atom stereocenters. The van der Waals surface area contributed by atoms with Crippen LogP contribution in [0.4, 0.5) is 4.39 Å². The van der Waals surface area contributed by atoms with E-state index in [0.717, 1.165) is 31.5 Å². The van der Waals surface area contributed by atoms with Gasteiger partial charge >= 0.3 is 0 Å². The minimum atomic E-state index is -0.603. The number of nitrogens with zero attached hydrogens (tertiary/aromatic N) is 1. The van der Waals surface area contributed by atoms with Gasteiger partial charge < -0.3 is 15.1 Å². The van der Waals surface area contributed by atoms with E-state index in [0.29, 0.717) is 6.54 Å². The summed E-state index contributed by atoms with van der Waals surface area (Å²) >= 11 is 0.